The predicted molar refractivity (Wildman–Crippen MR) is 102 cm³/mol. The fourth-order valence-electron chi connectivity index (χ4n) is 2.66. The molecular formula is C22H27FO3. The molecule has 0 atom stereocenters. The van der Waals surface area contributed by atoms with Crippen molar-refractivity contribution in [1.29, 1.82) is 0 Å². The average Bonchev–Trinajstić information content (AvgIpc) is 2.64. The minimum absolute atomic E-state index is 0.234. The van der Waals surface area contributed by atoms with Crippen molar-refractivity contribution in [3.8, 4) is 16.9 Å². The molecule has 0 aliphatic carbocycles. The van der Waals surface area contributed by atoms with E-state index in [1.54, 1.807) is 36.4 Å². The Bertz CT molecular complexity index is 695. The van der Waals surface area contributed by atoms with Crippen LogP contribution in [-0.2, 0) is 11.2 Å². The normalized spacial score (nSPS) is 10.6. The summed E-state index contributed by atoms with van der Waals surface area (Å²) in [6, 6.07) is 12.1. The molecule has 0 aliphatic heterocycles. The molecule has 26 heavy (non-hydrogen) atoms. The van der Waals surface area contributed by atoms with E-state index in [2.05, 4.69) is 13.8 Å². The molecule has 0 saturated heterocycles. The minimum atomic E-state index is -0.708. The number of benzene rings is 2. The first kappa shape index (κ1) is 20.0. The molecule has 0 aliphatic rings. The zero-order chi connectivity index (χ0) is 18.8. The van der Waals surface area contributed by atoms with Crippen LogP contribution in [0.15, 0.2) is 42.5 Å². The van der Waals surface area contributed by atoms with Gasteiger partial charge in [0, 0.05) is 5.56 Å². The second-order valence-corrected chi connectivity index (χ2v) is 6.35. The standard InChI is InChI=1S/C22H27FO3/c1-3-5-7-15-25-22(24)26-19-12-10-18(11-13-19)20-14-9-17(8-6-4-2)16-21(20)23/h9-14,16H,3-8,15H2,1-2H3. The highest BCUT2D eigenvalue weighted by molar-refractivity contribution is 5.67. The summed E-state index contributed by atoms with van der Waals surface area (Å²) in [5.41, 5.74) is 2.30. The third-order valence-electron chi connectivity index (χ3n) is 4.19. The van der Waals surface area contributed by atoms with E-state index in [1.807, 2.05) is 6.07 Å². The maximum absolute atomic E-state index is 14.4. The monoisotopic (exact) mass is 358 g/mol. The molecule has 140 valence electrons. The molecule has 0 spiro atoms. The van der Waals surface area contributed by atoms with Gasteiger partial charge in [-0.1, -0.05) is 57.4 Å². The van der Waals surface area contributed by atoms with E-state index in [4.69, 9.17) is 9.47 Å². The highest BCUT2D eigenvalue weighted by Gasteiger charge is 2.09. The first-order valence-electron chi connectivity index (χ1n) is 9.37. The zero-order valence-corrected chi connectivity index (χ0v) is 15.6. The summed E-state index contributed by atoms with van der Waals surface area (Å²) in [5, 5.41) is 0. The topological polar surface area (TPSA) is 35.5 Å². The molecule has 0 aromatic heterocycles. The summed E-state index contributed by atoms with van der Waals surface area (Å²) in [7, 11) is 0. The third-order valence-corrected chi connectivity index (χ3v) is 4.19. The number of hydrogen-bond acceptors (Lipinski definition) is 3. The molecule has 0 N–H and O–H groups in total. The van der Waals surface area contributed by atoms with Gasteiger partial charge in [-0.05, 0) is 48.6 Å². The Labute approximate surface area is 155 Å². The fraction of sp³-hybridized carbons (Fsp3) is 0.409. The van der Waals surface area contributed by atoms with Crippen molar-refractivity contribution in [1.82, 2.24) is 0 Å². The van der Waals surface area contributed by atoms with Crippen molar-refractivity contribution < 1.29 is 18.7 Å². The second kappa shape index (κ2) is 10.6. The van der Waals surface area contributed by atoms with Crippen LogP contribution in [0.4, 0.5) is 9.18 Å². The van der Waals surface area contributed by atoms with Crippen LogP contribution in [-0.4, -0.2) is 12.8 Å². The van der Waals surface area contributed by atoms with Gasteiger partial charge in [0.2, 0.25) is 0 Å². The van der Waals surface area contributed by atoms with Crippen LogP contribution in [0.1, 0.15) is 51.5 Å². The van der Waals surface area contributed by atoms with Crippen molar-refractivity contribution in [2.45, 2.75) is 52.4 Å². The van der Waals surface area contributed by atoms with E-state index in [9.17, 15) is 9.18 Å². The van der Waals surface area contributed by atoms with E-state index < -0.39 is 6.16 Å². The van der Waals surface area contributed by atoms with Crippen molar-refractivity contribution in [3.63, 3.8) is 0 Å². The Kier molecular flexibility index (Phi) is 8.13. The Morgan fingerprint density at radius 3 is 2.35 bits per heavy atom. The second-order valence-electron chi connectivity index (χ2n) is 6.35. The van der Waals surface area contributed by atoms with Crippen LogP contribution < -0.4 is 4.74 Å². The Morgan fingerprint density at radius 2 is 1.69 bits per heavy atom. The number of halogens is 1. The van der Waals surface area contributed by atoms with Gasteiger partial charge in [-0.2, -0.15) is 0 Å². The zero-order valence-electron chi connectivity index (χ0n) is 15.6. The molecule has 0 heterocycles. The molecule has 0 unspecified atom stereocenters. The summed E-state index contributed by atoms with van der Waals surface area (Å²) >= 11 is 0. The lowest BCUT2D eigenvalue weighted by Gasteiger charge is -2.08. The van der Waals surface area contributed by atoms with Crippen molar-refractivity contribution >= 4 is 6.16 Å². The van der Waals surface area contributed by atoms with Crippen LogP contribution >= 0.6 is 0 Å². The van der Waals surface area contributed by atoms with Gasteiger partial charge in [0.15, 0.2) is 0 Å². The summed E-state index contributed by atoms with van der Waals surface area (Å²) in [5.74, 6) is 0.150. The van der Waals surface area contributed by atoms with Crippen LogP contribution in [0.5, 0.6) is 5.75 Å². The highest BCUT2D eigenvalue weighted by Crippen LogP contribution is 2.26. The van der Waals surface area contributed by atoms with Gasteiger partial charge in [-0.15, -0.1) is 0 Å². The molecule has 2 aromatic rings. The van der Waals surface area contributed by atoms with Crippen LogP contribution in [0.2, 0.25) is 0 Å². The highest BCUT2D eigenvalue weighted by atomic mass is 19.1. The van der Waals surface area contributed by atoms with Crippen LogP contribution in [0.3, 0.4) is 0 Å². The number of ether oxygens (including phenoxy) is 2. The predicted octanol–water partition coefficient (Wildman–Crippen LogP) is 6.54. The lowest BCUT2D eigenvalue weighted by Crippen LogP contribution is -2.11. The third kappa shape index (κ3) is 6.17. The van der Waals surface area contributed by atoms with E-state index >= 15 is 0 Å². The number of carbonyl (C=O) groups is 1. The lowest BCUT2D eigenvalue weighted by atomic mass is 10.0. The Balaban J connectivity index is 1.95. The fourth-order valence-corrected chi connectivity index (χ4v) is 2.66. The lowest BCUT2D eigenvalue weighted by molar-refractivity contribution is 0.0974. The summed E-state index contributed by atoms with van der Waals surface area (Å²) in [4.78, 5) is 11.6. The van der Waals surface area contributed by atoms with Crippen molar-refractivity contribution in [2.75, 3.05) is 6.61 Å². The summed E-state index contributed by atoms with van der Waals surface area (Å²) in [6.45, 7) is 4.57. The van der Waals surface area contributed by atoms with Crippen LogP contribution in [0, 0.1) is 5.82 Å². The number of aryl methyl sites for hydroxylation is 1. The van der Waals surface area contributed by atoms with E-state index in [1.165, 1.54) is 0 Å². The molecule has 0 amide bonds. The number of unbranched alkanes of at least 4 members (excludes halogenated alkanes) is 3. The molecule has 0 saturated carbocycles. The summed E-state index contributed by atoms with van der Waals surface area (Å²) in [6.07, 6.45) is 5.24. The maximum Gasteiger partial charge on any atom is 0.513 e. The number of carbonyl (C=O) groups excluding carboxylic acids is 1. The van der Waals surface area contributed by atoms with Gasteiger partial charge in [0.25, 0.3) is 0 Å². The van der Waals surface area contributed by atoms with E-state index in [0.29, 0.717) is 17.9 Å². The van der Waals surface area contributed by atoms with Gasteiger partial charge < -0.3 is 9.47 Å². The minimum Gasteiger partial charge on any atom is -0.434 e. The van der Waals surface area contributed by atoms with Crippen LogP contribution in [0.25, 0.3) is 11.1 Å². The Hall–Kier alpha value is -2.36. The van der Waals surface area contributed by atoms with E-state index in [0.717, 1.165) is 49.7 Å². The van der Waals surface area contributed by atoms with Gasteiger partial charge in [-0.25, -0.2) is 9.18 Å². The van der Waals surface area contributed by atoms with Gasteiger partial charge >= 0.3 is 6.16 Å². The van der Waals surface area contributed by atoms with Gasteiger partial charge in [0.1, 0.15) is 11.6 Å². The van der Waals surface area contributed by atoms with Gasteiger partial charge in [0.05, 0.1) is 6.61 Å². The summed E-state index contributed by atoms with van der Waals surface area (Å²) < 4.78 is 24.5. The first-order valence-corrected chi connectivity index (χ1v) is 9.37. The quantitative estimate of drug-likeness (QED) is 0.290. The molecule has 2 aromatic carbocycles. The average molecular weight is 358 g/mol. The molecule has 2 rings (SSSR count). The largest absolute Gasteiger partial charge is 0.513 e. The molecule has 0 bridgehead atoms. The molecule has 4 heteroatoms. The molecule has 0 fully saturated rings. The maximum atomic E-state index is 14.4. The SMILES string of the molecule is CCCCCOC(=O)Oc1ccc(-c2ccc(CCCC)cc2F)cc1. The smallest absolute Gasteiger partial charge is 0.434 e. The van der Waals surface area contributed by atoms with Crippen molar-refractivity contribution in [3.05, 3.63) is 53.8 Å². The Morgan fingerprint density at radius 1 is 0.962 bits per heavy atom. The van der Waals surface area contributed by atoms with Gasteiger partial charge in [-0.3, -0.25) is 0 Å². The molecule has 0 radical (unpaired) electrons. The number of rotatable bonds is 9. The van der Waals surface area contributed by atoms with E-state index in [-0.39, 0.29) is 5.82 Å². The van der Waals surface area contributed by atoms with Crippen molar-refractivity contribution in [2.24, 2.45) is 0 Å². The molecule has 3 nitrogen and oxygen atoms in total. The number of hydrogen-bond donors (Lipinski definition) is 0. The first-order chi connectivity index (χ1) is 12.6. The molecular weight excluding hydrogens is 331 g/mol.